The Kier molecular flexibility index (Phi) is 4.37. The van der Waals surface area contributed by atoms with E-state index in [0.29, 0.717) is 5.92 Å². The van der Waals surface area contributed by atoms with Gasteiger partial charge in [0.25, 0.3) is 5.91 Å². The van der Waals surface area contributed by atoms with E-state index in [-0.39, 0.29) is 23.3 Å². The highest BCUT2D eigenvalue weighted by Gasteiger charge is 2.22. The highest BCUT2D eigenvalue weighted by Crippen LogP contribution is 2.20. The van der Waals surface area contributed by atoms with Crippen molar-refractivity contribution < 1.29 is 14.3 Å². The molecule has 4 nitrogen and oxygen atoms in total. The van der Waals surface area contributed by atoms with Crippen LogP contribution in [-0.4, -0.2) is 30.1 Å². The average Bonchev–Trinajstić information content (AvgIpc) is 2.39. The number of phenols is 1. The van der Waals surface area contributed by atoms with Crippen molar-refractivity contribution in [3.63, 3.8) is 0 Å². The third-order valence-corrected chi connectivity index (χ3v) is 3.65. The van der Waals surface area contributed by atoms with Gasteiger partial charge in [-0.2, -0.15) is 0 Å². The van der Waals surface area contributed by atoms with Gasteiger partial charge < -0.3 is 15.7 Å². The standard InChI is InChI=1S/C14H19FN2O2/c1-9(10-4-6-16-7-5-10)17-14(19)12-3-2-11(15)8-13(12)18/h2-3,8-10,16,18H,4-7H2,1H3,(H,17,19). The fraction of sp³-hybridized carbons (Fsp3) is 0.500. The Balaban J connectivity index is 1.99. The Morgan fingerprint density at radius 1 is 1.47 bits per heavy atom. The van der Waals surface area contributed by atoms with E-state index >= 15 is 0 Å². The molecule has 1 aliphatic rings. The molecule has 1 fully saturated rings. The Hall–Kier alpha value is -1.62. The van der Waals surface area contributed by atoms with Crippen LogP contribution < -0.4 is 10.6 Å². The highest BCUT2D eigenvalue weighted by molar-refractivity contribution is 5.96. The summed E-state index contributed by atoms with van der Waals surface area (Å²) in [6.07, 6.45) is 2.05. The lowest BCUT2D eigenvalue weighted by atomic mass is 9.91. The summed E-state index contributed by atoms with van der Waals surface area (Å²) >= 11 is 0. The summed E-state index contributed by atoms with van der Waals surface area (Å²) < 4.78 is 12.9. The Morgan fingerprint density at radius 3 is 2.79 bits per heavy atom. The van der Waals surface area contributed by atoms with Crippen LogP contribution >= 0.6 is 0 Å². The lowest BCUT2D eigenvalue weighted by Gasteiger charge is -2.28. The predicted octanol–water partition coefficient (Wildman–Crippen LogP) is 1.65. The number of benzene rings is 1. The maximum absolute atomic E-state index is 12.9. The van der Waals surface area contributed by atoms with Gasteiger partial charge in [0.05, 0.1) is 5.56 Å². The Bertz CT molecular complexity index is 459. The van der Waals surface area contributed by atoms with E-state index in [1.807, 2.05) is 6.92 Å². The molecule has 1 aromatic carbocycles. The summed E-state index contributed by atoms with van der Waals surface area (Å²) in [6, 6.07) is 3.46. The van der Waals surface area contributed by atoms with Gasteiger partial charge in [-0.3, -0.25) is 4.79 Å². The molecule has 104 valence electrons. The normalized spacial score (nSPS) is 18.0. The van der Waals surface area contributed by atoms with Gasteiger partial charge in [0.1, 0.15) is 11.6 Å². The van der Waals surface area contributed by atoms with E-state index in [1.54, 1.807) is 0 Å². The minimum atomic E-state index is -0.555. The van der Waals surface area contributed by atoms with Crippen molar-refractivity contribution in [2.75, 3.05) is 13.1 Å². The zero-order valence-corrected chi connectivity index (χ0v) is 10.9. The van der Waals surface area contributed by atoms with Crippen molar-refractivity contribution in [1.29, 1.82) is 0 Å². The first kappa shape index (κ1) is 13.8. The summed E-state index contributed by atoms with van der Waals surface area (Å²) in [5, 5.41) is 15.7. The van der Waals surface area contributed by atoms with Gasteiger partial charge in [0.2, 0.25) is 0 Å². The molecule has 19 heavy (non-hydrogen) atoms. The summed E-state index contributed by atoms with van der Waals surface area (Å²) in [7, 11) is 0. The minimum Gasteiger partial charge on any atom is -0.507 e. The summed E-state index contributed by atoms with van der Waals surface area (Å²) in [4.78, 5) is 12.0. The minimum absolute atomic E-state index is 0.0408. The van der Waals surface area contributed by atoms with Crippen molar-refractivity contribution >= 4 is 5.91 Å². The van der Waals surface area contributed by atoms with Gasteiger partial charge in [0, 0.05) is 12.1 Å². The third kappa shape index (κ3) is 3.44. The third-order valence-electron chi connectivity index (χ3n) is 3.65. The summed E-state index contributed by atoms with van der Waals surface area (Å²) in [6.45, 7) is 3.90. The molecule has 0 saturated carbocycles. The fourth-order valence-electron chi connectivity index (χ4n) is 2.44. The number of nitrogens with one attached hydrogen (secondary N) is 2. The van der Waals surface area contributed by atoms with Gasteiger partial charge in [-0.1, -0.05) is 0 Å². The van der Waals surface area contributed by atoms with Crippen LogP contribution in [0.5, 0.6) is 5.75 Å². The van der Waals surface area contributed by atoms with E-state index in [1.165, 1.54) is 12.1 Å². The molecule has 0 spiro atoms. The molecule has 1 saturated heterocycles. The number of piperidine rings is 1. The molecule has 1 aromatic rings. The van der Waals surface area contributed by atoms with Crippen LogP contribution in [0, 0.1) is 11.7 Å². The van der Waals surface area contributed by atoms with Gasteiger partial charge in [-0.15, -0.1) is 0 Å². The summed E-state index contributed by atoms with van der Waals surface area (Å²) in [5.41, 5.74) is 0.113. The fourth-order valence-corrected chi connectivity index (χ4v) is 2.44. The zero-order valence-electron chi connectivity index (χ0n) is 10.9. The largest absolute Gasteiger partial charge is 0.507 e. The molecule has 3 N–H and O–H groups in total. The molecule has 1 aliphatic heterocycles. The average molecular weight is 266 g/mol. The maximum atomic E-state index is 12.9. The quantitative estimate of drug-likeness (QED) is 0.779. The first-order valence-electron chi connectivity index (χ1n) is 6.58. The molecule has 2 rings (SSSR count). The number of halogens is 1. The van der Waals surface area contributed by atoms with E-state index < -0.39 is 5.82 Å². The number of carbonyl (C=O) groups excluding carboxylic acids is 1. The number of carbonyl (C=O) groups is 1. The molecule has 0 radical (unpaired) electrons. The van der Waals surface area contributed by atoms with Crippen LogP contribution in [0.3, 0.4) is 0 Å². The Labute approximate surface area is 112 Å². The SMILES string of the molecule is CC(NC(=O)c1ccc(F)cc1O)C1CCNCC1. The molecule has 1 amide bonds. The molecule has 1 heterocycles. The topological polar surface area (TPSA) is 61.4 Å². The van der Waals surface area contributed by atoms with Crippen molar-refractivity contribution in [2.45, 2.75) is 25.8 Å². The van der Waals surface area contributed by atoms with E-state index in [0.717, 1.165) is 32.0 Å². The second-order valence-electron chi connectivity index (χ2n) is 5.01. The first-order chi connectivity index (χ1) is 9.08. The van der Waals surface area contributed by atoms with Gasteiger partial charge in [-0.05, 0) is 50.9 Å². The molecule has 0 bridgehead atoms. The maximum Gasteiger partial charge on any atom is 0.255 e. The van der Waals surface area contributed by atoms with E-state index in [9.17, 15) is 14.3 Å². The number of phenolic OH excluding ortho intramolecular Hbond substituents is 1. The van der Waals surface area contributed by atoms with Crippen LogP contribution in [0.1, 0.15) is 30.1 Å². The van der Waals surface area contributed by atoms with Crippen LogP contribution in [0.15, 0.2) is 18.2 Å². The van der Waals surface area contributed by atoms with Crippen molar-refractivity contribution in [2.24, 2.45) is 5.92 Å². The molecular weight excluding hydrogens is 247 g/mol. The van der Waals surface area contributed by atoms with Gasteiger partial charge in [0.15, 0.2) is 0 Å². The van der Waals surface area contributed by atoms with Crippen LogP contribution in [-0.2, 0) is 0 Å². The zero-order chi connectivity index (χ0) is 13.8. The first-order valence-corrected chi connectivity index (χ1v) is 6.58. The van der Waals surface area contributed by atoms with Crippen molar-refractivity contribution in [3.8, 4) is 5.75 Å². The smallest absolute Gasteiger partial charge is 0.255 e. The van der Waals surface area contributed by atoms with Gasteiger partial charge >= 0.3 is 0 Å². The molecule has 1 unspecified atom stereocenters. The Morgan fingerprint density at radius 2 is 2.16 bits per heavy atom. The lowest BCUT2D eigenvalue weighted by Crippen LogP contribution is -2.42. The predicted molar refractivity (Wildman–Crippen MR) is 70.6 cm³/mol. The van der Waals surface area contributed by atoms with Crippen molar-refractivity contribution in [3.05, 3.63) is 29.6 Å². The number of rotatable bonds is 3. The van der Waals surface area contributed by atoms with Crippen LogP contribution in [0.2, 0.25) is 0 Å². The molecular formula is C14H19FN2O2. The van der Waals surface area contributed by atoms with Crippen molar-refractivity contribution in [1.82, 2.24) is 10.6 Å². The monoisotopic (exact) mass is 266 g/mol. The van der Waals surface area contributed by atoms with Crippen LogP contribution in [0.4, 0.5) is 4.39 Å². The molecule has 0 aromatic heterocycles. The second kappa shape index (κ2) is 6.02. The second-order valence-corrected chi connectivity index (χ2v) is 5.01. The van der Waals surface area contributed by atoms with Crippen LogP contribution in [0.25, 0.3) is 0 Å². The number of hydrogen-bond acceptors (Lipinski definition) is 3. The van der Waals surface area contributed by atoms with E-state index in [2.05, 4.69) is 10.6 Å². The van der Waals surface area contributed by atoms with E-state index in [4.69, 9.17) is 0 Å². The number of hydrogen-bond donors (Lipinski definition) is 3. The van der Waals surface area contributed by atoms with Gasteiger partial charge in [-0.25, -0.2) is 4.39 Å². The lowest BCUT2D eigenvalue weighted by molar-refractivity contribution is 0.0918. The number of amides is 1. The molecule has 1 atom stereocenters. The summed E-state index contributed by atoms with van der Waals surface area (Å²) in [5.74, 6) is -0.799. The number of aromatic hydroxyl groups is 1. The molecule has 5 heteroatoms. The highest BCUT2D eigenvalue weighted by atomic mass is 19.1. The molecule has 0 aliphatic carbocycles.